The van der Waals surface area contributed by atoms with Crippen molar-refractivity contribution in [2.45, 2.75) is 64.1 Å². The van der Waals surface area contributed by atoms with Gasteiger partial charge in [-0.15, -0.1) is 0 Å². The number of hydrogen-bond donors (Lipinski definition) is 0. The molecule has 9 heteroatoms. The highest BCUT2D eigenvalue weighted by atomic mass is 19.4. The Morgan fingerprint density at radius 3 is 1.78 bits per heavy atom. The molecule has 3 nitrogen and oxygen atoms in total. The van der Waals surface area contributed by atoms with E-state index in [9.17, 15) is 31.1 Å². The van der Waals surface area contributed by atoms with E-state index >= 15 is 0 Å². The molecule has 0 saturated carbocycles. The van der Waals surface area contributed by atoms with Crippen molar-refractivity contribution < 1.29 is 40.6 Å². The lowest BCUT2D eigenvalue weighted by Crippen LogP contribution is -2.56. The van der Waals surface area contributed by atoms with Gasteiger partial charge in [0.1, 0.15) is 12.2 Å². The standard InChI is InChI=1S/C18H22F6O3/c1-5-6-12-7-9-13(10-8-12)16(17(19,20)21,18(22,23)24)26-11-14(25)27-15(2,3)4/h7-10H,5-6,11H2,1-4H3. The van der Waals surface area contributed by atoms with Gasteiger partial charge in [0.15, 0.2) is 0 Å². The third-order valence-electron chi connectivity index (χ3n) is 3.52. The molecule has 0 saturated heterocycles. The molecule has 0 unspecified atom stereocenters. The van der Waals surface area contributed by atoms with Crippen LogP contribution < -0.4 is 0 Å². The first-order chi connectivity index (χ1) is 12.1. The van der Waals surface area contributed by atoms with Gasteiger partial charge < -0.3 is 9.47 Å². The van der Waals surface area contributed by atoms with Crippen molar-refractivity contribution in [3.63, 3.8) is 0 Å². The Labute approximate surface area is 153 Å². The first-order valence-electron chi connectivity index (χ1n) is 8.22. The van der Waals surface area contributed by atoms with Crippen LogP contribution in [0.2, 0.25) is 0 Å². The SMILES string of the molecule is CCCc1ccc(C(OCC(=O)OC(C)(C)C)(C(F)(F)F)C(F)(F)F)cc1. The Bertz CT molecular complexity index is 612. The fourth-order valence-electron chi connectivity index (χ4n) is 2.47. The van der Waals surface area contributed by atoms with Gasteiger partial charge in [-0.05, 0) is 32.8 Å². The van der Waals surface area contributed by atoms with Crippen molar-refractivity contribution in [1.82, 2.24) is 0 Å². The van der Waals surface area contributed by atoms with Gasteiger partial charge in [-0.25, -0.2) is 4.79 Å². The van der Waals surface area contributed by atoms with Gasteiger partial charge in [0.25, 0.3) is 5.60 Å². The van der Waals surface area contributed by atoms with Gasteiger partial charge in [0.2, 0.25) is 0 Å². The summed E-state index contributed by atoms with van der Waals surface area (Å²) in [5, 5.41) is 0. The minimum atomic E-state index is -5.85. The summed E-state index contributed by atoms with van der Waals surface area (Å²) >= 11 is 0. The normalized spacial score (nSPS) is 13.6. The molecule has 0 atom stereocenters. The maximum absolute atomic E-state index is 13.6. The Balaban J connectivity index is 3.33. The maximum atomic E-state index is 13.6. The number of carbonyl (C=O) groups is 1. The van der Waals surface area contributed by atoms with Gasteiger partial charge >= 0.3 is 18.3 Å². The summed E-state index contributed by atoms with van der Waals surface area (Å²) in [5.74, 6) is -1.33. The van der Waals surface area contributed by atoms with Crippen LogP contribution in [0.15, 0.2) is 24.3 Å². The molecule has 0 amide bonds. The second-order valence-electron chi connectivity index (χ2n) is 7.00. The summed E-state index contributed by atoms with van der Waals surface area (Å²) in [6.45, 7) is 4.61. The molecule has 154 valence electrons. The van der Waals surface area contributed by atoms with Crippen molar-refractivity contribution in [3.05, 3.63) is 35.4 Å². The van der Waals surface area contributed by atoms with Gasteiger partial charge in [-0.1, -0.05) is 37.6 Å². The molecule has 0 aliphatic carbocycles. The van der Waals surface area contributed by atoms with E-state index in [1.165, 1.54) is 32.9 Å². The average Bonchev–Trinajstić information content (AvgIpc) is 2.45. The summed E-state index contributed by atoms with van der Waals surface area (Å²) in [6.07, 6.45) is -10.5. The molecule has 0 bridgehead atoms. The predicted molar refractivity (Wildman–Crippen MR) is 86.0 cm³/mol. The number of carbonyl (C=O) groups excluding carboxylic acids is 1. The molecule has 0 N–H and O–H groups in total. The van der Waals surface area contributed by atoms with Crippen LogP contribution in [0.4, 0.5) is 26.3 Å². The minimum absolute atomic E-state index is 0.504. The quantitative estimate of drug-likeness (QED) is 0.479. The second-order valence-corrected chi connectivity index (χ2v) is 7.00. The van der Waals surface area contributed by atoms with Crippen LogP contribution in [-0.2, 0) is 26.3 Å². The molecule has 0 spiro atoms. The number of esters is 1. The lowest BCUT2D eigenvalue weighted by Gasteiger charge is -2.37. The highest BCUT2D eigenvalue weighted by Crippen LogP contribution is 2.53. The molecular formula is C18H22F6O3. The van der Waals surface area contributed by atoms with E-state index in [4.69, 9.17) is 4.74 Å². The summed E-state index contributed by atoms with van der Waals surface area (Å²) in [5.41, 5.74) is -6.28. The Hall–Kier alpha value is -1.77. The zero-order valence-electron chi connectivity index (χ0n) is 15.4. The molecule has 0 heterocycles. The Kier molecular flexibility index (Phi) is 6.96. The van der Waals surface area contributed by atoms with Crippen LogP contribution in [0, 0.1) is 0 Å². The van der Waals surface area contributed by atoms with Crippen molar-refractivity contribution in [2.75, 3.05) is 6.61 Å². The monoisotopic (exact) mass is 400 g/mol. The predicted octanol–water partition coefficient (Wildman–Crippen LogP) is 5.32. The molecule has 0 fully saturated rings. The second kappa shape index (κ2) is 8.08. The lowest BCUT2D eigenvalue weighted by molar-refractivity contribution is -0.388. The van der Waals surface area contributed by atoms with Crippen molar-refractivity contribution in [2.24, 2.45) is 0 Å². The summed E-state index contributed by atoms with van der Waals surface area (Å²) < 4.78 is 90.6. The van der Waals surface area contributed by atoms with Crippen molar-refractivity contribution >= 4 is 5.97 Å². The van der Waals surface area contributed by atoms with Gasteiger partial charge in [-0.2, -0.15) is 26.3 Å². The summed E-state index contributed by atoms with van der Waals surface area (Å²) in [4.78, 5) is 11.6. The van der Waals surface area contributed by atoms with E-state index in [1.807, 2.05) is 6.92 Å². The number of rotatable bonds is 6. The van der Waals surface area contributed by atoms with E-state index in [2.05, 4.69) is 4.74 Å². The highest BCUT2D eigenvalue weighted by molar-refractivity contribution is 5.71. The fraction of sp³-hybridized carbons (Fsp3) is 0.611. The van der Waals surface area contributed by atoms with E-state index in [0.29, 0.717) is 18.4 Å². The van der Waals surface area contributed by atoms with E-state index in [0.717, 1.165) is 12.1 Å². The third-order valence-corrected chi connectivity index (χ3v) is 3.52. The van der Waals surface area contributed by atoms with E-state index < -0.39 is 41.7 Å². The maximum Gasteiger partial charge on any atom is 0.430 e. The minimum Gasteiger partial charge on any atom is -0.458 e. The lowest BCUT2D eigenvalue weighted by atomic mass is 9.90. The van der Waals surface area contributed by atoms with Gasteiger partial charge in [0, 0.05) is 5.56 Å². The number of ether oxygens (including phenoxy) is 2. The Morgan fingerprint density at radius 1 is 0.926 bits per heavy atom. The van der Waals surface area contributed by atoms with Gasteiger partial charge in [-0.3, -0.25) is 0 Å². The number of alkyl halides is 6. The fourth-order valence-corrected chi connectivity index (χ4v) is 2.47. The number of hydrogen-bond acceptors (Lipinski definition) is 3. The highest BCUT2D eigenvalue weighted by Gasteiger charge is 2.73. The summed E-state index contributed by atoms with van der Waals surface area (Å²) in [7, 11) is 0. The first-order valence-corrected chi connectivity index (χ1v) is 8.22. The molecule has 27 heavy (non-hydrogen) atoms. The van der Waals surface area contributed by atoms with Crippen LogP contribution in [-0.4, -0.2) is 30.5 Å². The number of halogens is 6. The molecule has 0 aliphatic heterocycles. The number of benzene rings is 1. The largest absolute Gasteiger partial charge is 0.458 e. The number of aryl methyl sites for hydroxylation is 1. The van der Waals surface area contributed by atoms with Crippen LogP contribution in [0.1, 0.15) is 45.2 Å². The molecular weight excluding hydrogens is 378 g/mol. The zero-order valence-corrected chi connectivity index (χ0v) is 15.4. The summed E-state index contributed by atoms with van der Waals surface area (Å²) in [6, 6.07) is 3.81. The molecule has 1 aromatic carbocycles. The van der Waals surface area contributed by atoms with Crippen molar-refractivity contribution in [3.8, 4) is 0 Å². The topological polar surface area (TPSA) is 35.5 Å². The van der Waals surface area contributed by atoms with Crippen LogP contribution in [0.3, 0.4) is 0 Å². The van der Waals surface area contributed by atoms with Crippen LogP contribution in [0.25, 0.3) is 0 Å². The molecule has 0 aliphatic rings. The van der Waals surface area contributed by atoms with E-state index in [1.54, 1.807) is 0 Å². The zero-order chi connectivity index (χ0) is 21.1. The molecule has 0 aromatic heterocycles. The van der Waals surface area contributed by atoms with Crippen LogP contribution >= 0.6 is 0 Å². The first kappa shape index (κ1) is 23.3. The molecule has 1 aromatic rings. The third kappa shape index (κ3) is 5.60. The van der Waals surface area contributed by atoms with Crippen LogP contribution in [0.5, 0.6) is 0 Å². The van der Waals surface area contributed by atoms with Gasteiger partial charge in [0.05, 0.1) is 0 Å². The van der Waals surface area contributed by atoms with E-state index in [-0.39, 0.29) is 0 Å². The molecule has 1 rings (SSSR count). The smallest absolute Gasteiger partial charge is 0.430 e. The molecule has 0 radical (unpaired) electrons. The Morgan fingerprint density at radius 2 is 1.41 bits per heavy atom. The van der Waals surface area contributed by atoms with Crippen molar-refractivity contribution in [1.29, 1.82) is 0 Å². The average molecular weight is 400 g/mol.